The molecule has 1 heterocycles. The first kappa shape index (κ1) is 15.3. The summed E-state index contributed by atoms with van der Waals surface area (Å²) in [4.78, 5) is 4.33. The van der Waals surface area contributed by atoms with E-state index in [2.05, 4.69) is 17.2 Å². The molecule has 0 amide bonds. The van der Waals surface area contributed by atoms with E-state index in [1.54, 1.807) is 6.20 Å². The van der Waals surface area contributed by atoms with E-state index in [0.29, 0.717) is 6.61 Å². The number of nitrogens with zero attached hydrogens (tertiary/aromatic N) is 1. The van der Waals surface area contributed by atoms with Crippen molar-refractivity contribution in [3.63, 3.8) is 0 Å². The molecule has 0 aliphatic rings. The van der Waals surface area contributed by atoms with Crippen LogP contribution in [0.15, 0.2) is 42.6 Å². The van der Waals surface area contributed by atoms with Crippen molar-refractivity contribution in [2.45, 2.75) is 26.8 Å². The molecule has 21 heavy (non-hydrogen) atoms. The third-order valence-electron chi connectivity index (χ3n) is 2.89. The van der Waals surface area contributed by atoms with Gasteiger partial charge in [0.15, 0.2) is 0 Å². The number of ether oxygens (including phenoxy) is 2. The molecule has 1 aromatic heterocycles. The highest BCUT2D eigenvalue weighted by Crippen LogP contribution is 2.23. The lowest BCUT2D eigenvalue weighted by Crippen LogP contribution is -2.14. The van der Waals surface area contributed by atoms with Crippen LogP contribution < -0.4 is 14.8 Å². The largest absolute Gasteiger partial charge is 0.494 e. The molecule has 4 heteroatoms. The predicted molar refractivity (Wildman–Crippen MR) is 83.9 cm³/mol. The van der Waals surface area contributed by atoms with Gasteiger partial charge in [-0.2, -0.15) is 0 Å². The standard InChI is InChI=1S/C17H22N2O2/c1-3-10-18-13-14-12-17(9-11-19-14)21-16-7-5-15(6-8-16)20-4-2/h5-9,11-12,18H,3-4,10,13H2,1-2H3. The zero-order chi connectivity index (χ0) is 14.9. The number of benzene rings is 1. The smallest absolute Gasteiger partial charge is 0.130 e. The molecule has 112 valence electrons. The van der Waals surface area contributed by atoms with Crippen LogP contribution in [0.3, 0.4) is 0 Å². The van der Waals surface area contributed by atoms with E-state index in [4.69, 9.17) is 9.47 Å². The Morgan fingerprint density at radius 1 is 1.00 bits per heavy atom. The minimum atomic E-state index is 0.665. The summed E-state index contributed by atoms with van der Waals surface area (Å²) in [6, 6.07) is 11.4. The Morgan fingerprint density at radius 3 is 2.48 bits per heavy atom. The molecule has 0 atom stereocenters. The molecule has 0 saturated heterocycles. The molecular weight excluding hydrogens is 264 g/mol. The van der Waals surface area contributed by atoms with Crippen molar-refractivity contribution in [3.05, 3.63) is 48.3 Å². The molecule has 0 saturated carbocycles. The van der Waals surface area contributed by atoms with Crippen LogP contribution in [-0.2, 0) is 6.54 Å². The van der Waals surface area contributed by atoms with E-state index >= 15 is 0 Å². The highest BCUT2D eigenvalue weighted by Gasteiger charge is 2.01. The van der Waals surface area contributed by atoms with Crippen LogP contribution in [0.5, 0.6) is 17.2 Å². The number of aromatic nitrogens is 1. The summed E-state index contributed by atoms with van der Waals surface area (Å²) in [5.74, 6) is 2.43. The fourth-order valence-corrected chi connectivity index (χ4v) is 1.92. The summed E-state index contributed by atoms with van der Waals surface area (Å²) in [7, 11) is 0. The van der Waals surface area contributed by atoms with Gasteiger partial charge in [0.25, 0.3) is 0 Å². The van der Waals surface area contributed by atoms with E-state index in [0.717, 1.165) is 42.5 Å². The molecule has 2 rings (SSSR count). The maximum atomic E-state index is 5.84. The number of pyridine rings is 1. The first-order valence-electron chi connectivity index (χ1n) is 7.38. The minimum Gasteiger partial charge on any atom is -0.494 e. The molecule has 4 nitrogen and oxygen atoms in total. The topological polar surface area (TPSA) is 43.4 Å². The molecule has 0 spiro atoms. The molecule has 0 fully saturated rings. The molecular formula is C17H22N2O2. The van der Waals surface area contributed by atoms with Crippen LogP contribution in [0, 0.1) is 0 Å². The van der Waals surface area contributed by atoms with E-state index < -0.39 is 0 Å². The Balaban J connectivity index is 1.96. The van der Waals surface area contributed by atoms with Crippen LogP contribution in [0.1, 0.15) is 26.0 Å². The number of rotatable bonds is 8. The monoisotopic (exact) mass is 286 g/mol. The van der Waals surface area contributed by atoms with Gasteiger partial charge in [-0.1, -0.05) is 6.92 Å². The summed E-state index contributed by atoms with van der Waals surface area (Å²) >= 11 is 0. The second-order valence-corrected chi connectivity index (χ2v) is 4.67. The van der Waals surface area contributed by atoms with Gasteiger partial charge in [-0.25, -0.2) is 0 Å². The second kappa shape index (κ2) is 8.27. The summed E-state index contributed by atoms with van der Waals surface area (Å²) < 4.78 is 11.2. The predicted octanol–water partition coefficient (Wildman–Crippen LogP) is 3.77. The van der Waals surface area contributed by atoms with Gasteiger partial charge in [-0.15, -0.1) is 0 Å². The Kier molecular flexibility index (Phi) is 6.03. The summed E-state index contributed by atoms with van der Waals surface area (Å²) in [6.45, 7) is 6.53. The quantitative estimate of drug-likeness (QED) is 0.750. The Hall–Kier alpha value is -2.07. The van der Waals surface area contributed by atoms with Crippen LogP contribution in [0.2, 0.25) is 0 Å². The number of hydrogen-bond donors (Lipinski definition) is 1. The van der Waals surface area contributed by atoms with Crippen LogP contribution in [0.25, 0.3) is 0 Å². The zero-order valence-corrected chi connectivity index (χ0v) is 12.6. The summed E-state index contributed by atoms with van der Waals surface area (Å²) in [6.07, 6.45) is 2.88. The van der Waals surface area contributed by atoms with E-state index in [1.807, 2.05) is 43.3 Å². The fourth-order valence-electron chi connectivity index (χ4n) is 1.92. The van der Waals surface area contributed by atoms with Crippen molar-refractivity contribution in [2.24, 2.45) is 0 Å². The van der Waals surface area contributed by atoms with Gasteiger partial charge in [0.1, 0.15) is 17.2 Å². The van der Waals surface area contributed by atoms with Crippen molar-refractivity contribution in [3.8, 4) is 17.2 Å². The zero-order valence-electron chi connectivity index (χ0n) is 12.6. The number of hydrogen-bond acceptors (Lipinski definition) is 4. The van der Waals surface area contributed by atoms with Crippen LogP contribution in [-0.4, -0.2) is 18.1 Å². The summed E-state index contributed by atoms with van der Waals surface area (Å²) in [5.41, 5.74) is 0.979. The lowest BCUT2D eigenvalue weighted by Gasteiger charge is -2.09. The summed E-state index contributed by atoms with van der Waals surface area (Å²) in [5, 5.41) is 3.33. The maximum Gasteiger partial charge on any atom is 0.130 e. The lowest BCUT2D eigenvalue weighted by molar-refractivity contribution is 0.339. The first-order valence-corrected chi connectivity index (χ1v) is 7.38. The number of nitrogens with one attached hydrogen (secondary N) is 1. The van der Waals surface area contributed by atoms with E-state index in [-0.39, 0.29) is 0 Å². The normalized spacial score (nSPS) is 10.4. The minimum absolute atomic E-state index is 0.665. The molecule has 0 unspecified atom stereocenters. The van der Waals surface area contributed by atoms with Gasteiger partial charge in [0.2, 0.25) is 0 Å². The van der Waals surface area contributed by atoms with Crippen molar-refractivity contribution >= 4 is 0 Å². The van der Waals surface area contributed by atoms with Crippen molar-refractivity contribution in [1.82, 2.24) is 10.3 Å². The SMILES string of the molecule is CCCNCc1cc(Oc2ccc(OCC)cc2)ccn1. The second-order valence-electron chi connectivity index (χ2n) is 4.67. The molecule has 2 aromatic rings. The third kappa shape index (κ3) is 5.08. The van der Waals surface area contributed by atoms with Gasteiger partial charge in [-0.3, -0.25) is 4.98 Å². The fraction of sp³-hybridized carbons (Fsp3) is 0.353. The van der Waals surface area contributed by atoms with Crippen molar-refractivity contribution in [2.75, 3.05) is 13.2 Å². The lowest BCUT2D eigenvalue weighted by atomic mass is 10.3. The highest BCUT2D eigenvalue weighted by atomic mass is 16.5. The highest BCUT2D eigenvalue weighted by molar-refractivity contribution is 5.35. The molecule has 0 radical (unpaired) electrons. The van der Waals surface area contributed by atoms with Crippen molar-refractivity contribution in [1.29, 1.82) is 0 Å². The van der Waals surface area contributed by atoms with Crippen LogP contribution >= 0.6 is 0 Å². The first-order chi connectivity index (χ1) is 10.3. The Labute approximate surface area is 126 Å². The van der Waals surface area contributed by atoms with E-state index in [1.165, 1.54) is 0 Å². The molecule has 0 aliphatic carbocycles. The molecule has 0 bridgehead atoms. The van der Waals surface area contributed by atoms with Gasteiger partial charge in [0.05, 0.1) is 12.3 Å². The van der Waals surface area contributed by atoms with E-state index in [9.17, 15) is 0 Å². The van der Waals surface area contributed by atoms with Crippen molar-refractivity contribution < 1.29 is 9.47 Å². The molecule has 0 aliphatic heterocycles. The van der Waals surface area contributed by atoms with Gasteiger partial charge >= 0.3 is 0 Å². The van der Waals surface area contributed by atoms with Gasteiger partial charge < -0.3 is 14.8 Å². The Morgan fingerprint density at radius 2 is 1.76 bits per heavy atom. The average Bonchev–Trinajstić information content (AvgIpc) is 2.50. The Bertz CT molecular complexity index is 541. The molecule has 1 aromatic carbocycles. The molecule has 1 N–H and O–H groups in total. The average molecular weight is 286 g/mol. The van der Waals surface area contributed by atoms with Crippen LogP contribution in [0.4, 0.5) is 0 Å². The van der Waals surface area contributed by atoms with Gasteiger partial charge in [0, 0.05) is 18.8 Å². The van der Waals surface area contributed by atoms with Gasteiger partial charge in [-0.05, 0) is 50.2 Å². The third-order valence-corrected chi connectivity index (χ3v) is 2.89. The maximum absolute atomic E-state index is 5.84.